The van der Waals surface area contributed by atoms with Crippen molar-refractivity contribution in [2.24, 2.45) is 11.8 Å². The number of hydrogen-bond donors (Lipinski definition) is 1. The van der Waals surface area contributed by atoms with Gasteiger partial charge in [-0.25, -0.2) is 11.0 Å². The van der Waals surface area contributed by atoms with Crippen molar-refractivity contribution < 1.29 is 23.3 Å². The lowest BCUT2D eigenvalue weighted by molar-refractivity contribution is -0.136. The third-order valence-electron chi connectivity index (χ3n) is 12.1. The highest BCUT2D eigenvalue weighted by Gasteiger charge is 2.53. The first-order chi connectivity index (χ1) is 25.9. The van der Waals surface area contributed by atoms with Gasteiger partial charge in [0.25, 0.3) is 11.4 Å². The second-order valence-electron chi connectivity index (χ2n) is 15.7. The molecule has 1 N–H and O–H groups in total. The monoisotopic (exact) mass is 747 g/mol. The maximum atomic E-state index is 15.5. The average Bonchev–Trinajstić information content (AvgIpc) is 3.79. The van der Waals surface area contributed by atoms with Gasteiger partial charge in [0.1, 0.15) is 17.6 Å². The highest BCUT2D eigenvalue weighted by atomic mass is 35.5. The Kier molecular flexibility index (Phi) is 9.33. The van der Waals surface area contributed by atoms with Gasteiger partial charge >= 0.3 is 0 Å². The Balaban J connectivity index is 1.00. The first kappa shape index (κ1) is 36.0. The normalized spacial score (nSPS) is 21.8. The number of carbonyl (C=O) groups excluding carboxylic acids is 3. The van der Waals surface area contributed by atoms with Gasteiger partial charge in [0.05, 0.1) is 16.3 Å². The van der Waals surface area contributed by atoms with Gasteiger partial charge in [0, 0.05) is 54.9 Å². The average molecular weight is 748 g/mol. The Bertz CT molecular complexity index is 2210. The number of rotatable bonds is 9. The minimum atomic E-state index is -0.728. The van der Waals surface area contributed by atoms with E-state index >= 15 is 4.39 Å². The highest BCUT2D eigenvalue weighted by molar-refractivity contribution is 6.32. The van der Waals surface area contributed by atoms with Crippen LogP contribution in [0, 0.1) is 45.0 Å². The van der Waals surface area contributed by atoms with E-state index in [0.29, 0.717) is 34.1 Å². The summed E-state index contributed by atoms with van der Waals surface area (Å²) in [5, 5.41) is 7.13. The van der Waals surface area contributed by atoms with Crippen LogP contribution in [0.3, 0.4) is 0 Å². The first-order valence-electron chi connectivity index (χ1n) is 18.9. The molecule has 1 atom stereocenters. The van der Waals surface area contributed by atoms with Gasteiger partial charge in [-0.05, 0) is 130 Å². The number of nitrogens with zero attached hydrogens (tertiary/aromatic N) is 4. The summed E-state index contributed by atoms with van der Waals surface area (Å²) in [5.41, 5.74) is 7.98. The van der Waals surface area contributed by atoms with E-state index in [0.717, 1.165) is 90.2 Å². The Morgan fingerprint density at radius 3 is 2.44 bits per heavy atom. The number of imide groups is 1. The van der Waals surface area contributed by atoms with E-state index in [1.54, 1.807) is 6.07 Å². The fourth-order valence-electron chi connectivity index (χ4n) is 8.88. The second kappa shape index (κ2) is 14.0. The summed E-state index contributed by atoms with van der Waals surface area (Å²) >= 11 is 6.94. The fourth-order valence-corrected chi connectivity index (χ4v) is 9.23. The zero-order valence-corrected chi connectivity index (χ0v) is 31.6. The SMILES string of the molecule is [C-]#[N+]C1(c2ccc(N(CC3CCC(Cc4cc5c(cc4F)CN(C4CCC(=O)NC4=O)C5=O)CC3)c3cc(-c4c(C)noc4C)ccc3C)cc2Cl)CC1. The lowest BCUT2D eigenvalue weighted by Gasteiger charge is -2.35. The number of nitrogens with one attached hydrogen (secondary N) is 1. The molecule has 1 unspecified atom stereocenters. The van der Waals surface area contributed by atoms with Crippen LogP contribution >= 0.6 is 11.6 Å². The molecule has 54 heavy (non-hydrogen) atoms. The van der Waals surface area contributed by atoms with Gasteiger partial charge in [-0.15, -0.1) is 0 Å². The van der Waals surface area contributed by atoms with Crippen LogP contribution < -0.4 is 10.2 Å². The van der Waals surface area contributed by atoms with E-state index in [4.69, 9.17) is 22.7 Å². The molecule has 3 amide bonds. The predicted molar refractivity (Wildman–Crippen MR) is 204 cm³/mol. The van der Waals surface area contributed by atoms with Crippen molar-refractivity contribution in [2.75, 3.05) is 11.4 Å². The molecular formula is C43H43ClFN5O4. The van der Waals surface area contributed by atoms with E-state index < -0.39 is 17.5 Å². The maximum absolute atomic E-state index is 15.5. The molecule has 2 aliphatic carbocycles. The highest BCUT2D eigenvalue weighted by Crippen LogP contribution is 2.52. The van der Waals surface area contributed by atoms with Crippen LogP contribution in [0.15, 0.2) is 53.1 Å². The number of carbonyl (C=O) groups is 3. The van der Waals surface area contributed by atoms with E-state index in [2.05, 4.69) is 51.4 Å². The molecule has 3 heterocycles. The van der Waals surface area contributed by atoms with Gasteiger partial charge in [-0.2, -0.15) is 0 Å². The number of anilines is 2. The van der Waals surface area contributed by atoms with Crippen LogP contribution in [0.5, 0.6) is 0 Å². The Labute approximate surface area is 319 Å². The standard InChI is InChI=1S/C43H43ClFN5O4/c1-24-5-10-29(40-25(2)48-54-26(40)3)20-38(24)49(32-11-12-34(35(44)21-32)43(46-4)15-16-43)22-28-8-6-27(7-9-28)17-30-18-33-31(19-36(30)45)23-50(42(33)53)37-13-14-39(51)47-41(37)52/h5,10-12,18-21,27-28,37H,6-9,13-17,22-23H2,1-3H3,(H,47,51,52). The molecule has 0 bridgehead atoms. The molecule has 9 nitrogen and oxygen atoms in total. The van der Waals surface area contributed by atoms with Crippen LogP contribution in [0.25, 0.3) is 16.0 Å². The molecule has 0 radical (unpaired) electrons. The van der Waals surface area contributed by atoms with Gasteiger partial charge < -0.3 is 19.2 Å². The molecule has 4 aromatic rings. The van der Waals surface area contributed by atoms with E-state index in [1.165, 1.54) is 11.0 Å². The summed E-state index contributed by atoms with van der Waals surface area (Å²) in [4.78, 5) is 45.3. The maximum Gasteiger partial charge on any atom is 0.259 e. The summed E-state index contributed by atoms with van der Waals surface area (Å²) < 4.78 is 21.0. The van der Waals surface area contributed by atoms with E-state index in [-0.39, 0.29) is 42.9 Å². The molecule has 1 aromatic heterocycles. The quantitative estimate of drug-likeness (QED) is 0.136. The first-order valence-corrected chi connectivity index (χ1v) is 19.3. The lowest BCUT2D eigenvalue weighted by atomic mass is 9.78. The summed E-state index contributed by atoms with van der Waals surface area (Å²) in [7, 11) is 0. The second-order valence-corrected chi connectivity index (χ2v) is 16.1. The topological polar surface area (TPSA) is 100 Å². The third kappa shape index (κ3) is 6.57. The molecule has 1 saturated heterocycles. The van der Waals surface area contributed by atoms with Gasteiger partial charge in [-0.1, -0.05) is 28.9 Å². The number of aromatic nitrogens is 1. The number of hydrogen-bond acceptors (Lipinski definition) is 6. The molecule has 278 valence electrons. The number of piperidine rings is 1. The molecule has 11 heteroatoms. The number of fused-ring (bicyclic) bond motifs is 1. The number of benzene rings is 3. The van der Waals surface area contributed by atoms with Crippen LogP contribution in [0.1, 0.15) is 95.4 Å². The number of halogens is 2. The van der Waals surface area contributed by atoms with Crippen LogP contribution in [-0.4, -0.2) is 40.4 Å². The van der Waals surface area contributed by atoms with Crippen molar-refractivity contribution in [1.82, 2.24) is 15.4 Å². The third-order valence-corrected chi connectivity index (χ3v) is 12.4. The van der Waals surface area contributed by atoms with Crippen molar-refractivity contribution >= 4 is 40.7 Å². The molecule has 2 saturated carbocycles. The van der Waals surface area contributed by atoms with Crippen LogP contribution in [0.2, 0.25) is 5.02 Å². The number of aryl methyl sites for hydroxylation is 3. The van der Waals surface area contributed by atoms with Gasteiger partial charge in [0.15, 0.2) is 0 Å². The molecule has 2 aliphatic heterocycles. The number of amides is 3. The Hall–Kier alpha value is -5.01. The molecule has 3 aromatic carbocycles. The van der Waals surface area contributed by atoms with Gasteiger partial charge in [0.2, 0.25) is 11.8 Å². The van der Waals surface area contributed by atoms with Crippen LogP contribution in [0.4, 0.5) is 15.8 Å². The van der Waals surface area contributed by atoms with Crippen LogP contribution in [-0.2, 0) is 28.1 Å². The van der Waals surface area contributed by atoms with Gasteiger partial charge in [-0.3, -0.25) is 19.7 Å². The van der Waals surface area contributed by atoms with E-state index in [1.807, 2.05) is 26.0 Å². The lowest BCUT2D eigenvalue weighted by Crippen LogP contribution is -2.52. The minimum Gasteiger partial charge on any atom is -0.361 e. The summed E-state index contributed by atoms with van der Waals surface area (Å²) in [6.45, 7) is 14.7. The van der Waals surface area contributed by atoms with Crippen molar-refractivity contribution in [3.05, 3.63) is 110 Å². The molecule has 8 rings (SSSR count). The van der Waals surface area contributed by atoms with Crippen molar-refractivity contribution in [3.8, 4) is 11.1 Å². The summed E-state index contributed by atoms with van der Waals surface area (Å²) in [6, 6.07) is 15.0. The summed E-state index contributed by atoms with van der Waals surface area (Å²) in [6.07, 6.45) is 6.42. The Morgan fingerprint density at radius 2 is 1.78 bits per heavy atom. The zero-order chi connectivity index (χ0) is 37.9. The molecule has 3 fully saturated rings. The van der Waals surface area contributed by atoms with Crippen molar-refractivity contribution in [1.29, 1.82) is 0 Å². The minimum absolute atomic E-state index is 0.161. The fraction of sp³-hybridized carbons (Fsp3) is 0.419. The van der Waals surface area contributed by atoms with Crippen molar-refractivity contribution in [3.63, 3.8) is 0 Å². The summed E-state index contributed by atoms with van der Waals surface area (Å²) in [5.74, 6) is -0.00742. The molecule has 4 aliphatic rings. The molecular weight excluding hydrogens is 705 g/mol. The molecule has 0 spiro atoms. The smallest absolute Gasteiger partial charge is 0.259 e. The predicted octanol–water partition coefficient (Wildman–Crippen LogP) is 8.92. The zero-order valence-electron chi connectivity index (χ0n) is 30.8. The largest absolute Gasteiger partial charge is 0.361 e. The van der Waals surface area contributed by atoms with E-state index in [9.17, 15) is 14.4 Å². The van der Waals surface area contributed by atoms with Crippen molar-refractivity contribution in [2.45, 2.75) is 96.7 Å². The Morgan fingerprint density at radius 1 is 1.02 bits per heavy atom.